The van der Waals surface area contributed by atoms with E-state index in [1.54, 1.807) is 44.4 Å². The first-order chi connectivity index (χ1) is 20.7. The number of ketones is 2. The Balaban J connectivity index is 1.57. The highest BCUT2D eigenvalue weighted by molar-refractivity contribution is 6.24. The van der Waals surface area contributed by atoms with Gasteiger partial charge in [-0.15, -0.1) is 0 Å². The van der Waals surface area contributed by atoms with E-state index >= 15 is 0 Å². The summed E-state index contributed by atoms with van der Waals surface area (Å²) in [6.07, 6.45) is -0.443. The molecule has 3 aliphatic rings. The number of amides is 2. The quantitative estimate of drug-likeness (QED) is 0.266. The Hall–Kier alpha value is -4.68. The first kappa shape index (κ1) is 30.8. The molecule has 0 saturated heterocycles. The van der Waals surface area contributed by atoms with Crippen LogP contribution in [-0.4, -0.2) is 81.2 Å². The highest BCUT2D eigenvalue weighted by Crippen LogP contribution is 2.53. The second kappa shape index (κ2) is 11.1. The van der Waals surface area contributed by atoms with Crippen molar-refractivity contribution in [2.45, 2.75) is 38.3 Å². The Labute approximate surface area is 253 Å². The molecule has 2 aromatic carbocycles. The topological polar surface area (TPSA) is 200 Å². The lowest BCUT2D eigenvalue weighted by molar-refractivity contribution is -0.153. The Bertz CT molecular complexity index is 1640. The first-order valence-electron chi connectivity index (χ1n) is 14.2. The second-order valence-electron chi connectivity index (χ2n) is 12.1. The molecular formula is C32H35N3O9. The van der Waals surface area contributed by atoms with Crippen LogP contribution < -0.4 is 11.1 Å². The van der Waals surface area contributed by atoms with Gasteiger partial charge in [-0.05, 0) is 73.7 Å². The number of benzene rings is 2. The average Bonchev–Trinajstić information content (AvgIpc) is 2.94. The zero-order chi connectivity index (χ0) is 32.2. The summed E-state index contributed by atoms with van der Waals surface area (Å²) in [6.45, 7) is 4.13. The van der Waals surface area contributed by atoms with Crippen molar-refractivity contribution in [1.82, 2.24) is 4.90 Å². The molecule has 4 atom stereocenters. The van der Waals surface area contributed by atoms with Crippen LogP contribution in [-0.2, 0) is 25.5 Å². The maximum absolute atomic E-state index is 14.0. The second-order valence-corrected chi connectivity index (χ2v) is 12.1. The number of phenolic OH excluding ortho intramolecular Hbond substituents is 1. The lowest BCUT2D eigenvalue weighted by Crippen LogP contribution is -2.65. The summed E-state index contributed by atoms with van der Waals surface area (Å²) in [5, 5.41) is 47.7. The van der Waals surface area contributed by atoms with Crippen LogP contribution in [0.5, 0.6) is 5.75 Å². The standard InChI is InChI=1S/C32H35N3O9/c1-14(2)13-44-31(42)34-17-7-5-15(6-8-17)18-9-10-21(36)23-19(18)11-16-12-20-25(35(3)4)27(38)24(30(33)41)29(40)32(20,43)28(39)22(16)26(23)37/h5-10,14,16,20,25,36-37,40,43H,11-13H2,1-4H3,(H2,33,41)(H,34,42)/t16-,20-,25-,32-/m1/s1. The number of aromatic hydroxyl groups is 1. The number of hydrogen-bond acceptors (Lipinski definition) is 10. The number of likely N-dealkylation sites (N-methyl/N-ethyl adjacent to an activating group) is 1. The van der Waals surface area contributed by atoms with Gasteiger partial charge in [-0.2, -0.15) is 0 Å². The third kappa shape index (κ3) is 4.80. The monoisotopic (exact) mass is 605 g/mol. The maximum atomic E-state index is 14.0. The molecule has 0 aliphatic heterocycles. The molecule has 0 aromatic heterocycles. The number of aliphatic hydroxyl groups is 3. The number of primary amides is 1. The van der Waals surface area contributed by atoms with Gasteiger partial charge in [0.05, 0.1) is 18.2 Å². The number of rotatable bonds is 6. The number of anilines is 1. The van der Waals surface area contributed by atoms with Crippen molar-refractivity contribution in [3.63, 3.8) is 0 Å². The predicted molar refractivity (Wildman–Crippen MR) is 159 cm³/mol. The van der Waals surface area contributed by atoms with E-state index in [0.29, 0.717) is 22.4 Å². The highest BCUT2D eigenvalue weighted by Gasteiger charge is 2.64. The summed E-state index contributed by atoms with van der Waals surface area (Å²) < 4.78 is 5.16. The molecule has 0 unspecified atom stereocenters. The van der Waals surface area contributed by atoms with E-state index in [0.717, 1.165) is 0 Å². The van der Waals surface area contributed by atoms with Gasteiger partial charge < -0.3 is 30.9 Å². The number of nitrogens with zero attached hydrogens (tertiary/aromatic N) is 1. The number of carbonyl (C=O) groups is 4. The predicted octanol–water partition coefficient (Wildman–Crippen LogP) is 2.84. The molecule has 232 valence electrons. The van der Waals surface area contributed by atoms with Gasteiger partial charge in [0.15, 0.2) is 11.4 Å². The molecule has 2 amide bonds. The molecule has 1 fully saturated rings. The summed E-state index contributed by atoms with van der Waals surface area (Å²) >= 11 is 0. The Morgan fingerprint density at radius 1 is 1.09 bits per heavy atom. The molecule has 12 nitrogen and oxygen atoms in total. The smallest absolute Gasteiger partial charge is 0.411 e. The molecule has 12 heteroatoms. The lowest BCUT2D eigenvalue weighted by Gasteiger charge is -2.50. The summed E-state index contributed by atoms with van der Waals surface area (Å²) in [6, 6.07) is 8.75. The number of hydrogen-bond donors (Lipinski definition) is 6. The molecule has 0 spiro atoms. The minimum atomic E-state index is -2.70. The van der Waals surface area contributed by atoms with E-state index in [1.807, 2.05) is 13.8 Å². The van der Waals surface area contributed by atoms with Crippen molar-refractivity contribution in [3.8, 4) is 16.9 Å². The Morgan fingerprint density at radius 2 is 1.75 bits per heavy atom. The number of phenols is 1. The SMILES string of the molecule is CC(C)COC(=O)Nc1ccc(-c2ccc(O)c3c2C[C@@H]2C[C@@H]4[C@@H](N(C)C)C(=O)C(C(N)=O)=C(O)[C@]4(O)C(=O)C2=C3O)cc1. The highest BCUT2D eigenvalue weighted by atomic mass is 16.5. The lowest BCUT2D eigenvalue weighted by atomic mass is 9.57. The minimum Gasteiger partial charge on any atom is -0.508 e. The van der Waals surface area contributed by atoms with Crippen LogP contribution in [0, 0.1) is 17.8 Å². The van der Waals surface area contributed by atoms with Crippen LogP contribution in [0.4, 0.5) is 10.5 Å². The van der Waals surface area contributed by atoms with Crippen molar-refractivity contribution < 1.29 is 44.3 Å². The van der Waals surface area contributed by atoms with Gasteiger partial charge in [0.2, 0.25) is 5.78 Å². The summed E-state index contributed by atoms with van der Waals surface area (Å²) in [5.74, 6) is -6.84. The summed E-state index contributed by atoms with van der Waals surface area (Å²) in [7, 11) is 3.10. The zero-order valence-electron chi connectivity index (χ0n) is 24.7. The van der Waals surface area contributed by atoms with Gasteiger partial charge in [-0.3, -0.25) is 24.6 Å². The number of nitrogens with one attached hydrogen (secondary N) is 1. The van der Waals surface area contributed by atoms with Crippen LogP contribution in [0.2, 0.25) is 0 Å². The number of aliphatic hydroxyl groups excluding tert-OH is 2. The van der Waals surface area contributed by atoms with Crippen LogP contribution in [0.25, 0.3) is 16.9 Å². The molecule has 44 heavy (non-hydrogen) atoms. The van der Waals surface area contributed by atoms with Gasteiger partial charge >= 0.3 is 6.09 Å². The van der Waals surface area contributed by atoms with E-state index in [9.17, 15) is 39.6 Å². The van der Waals surface area contributed by atoms with E-state index in [2.05, 4.69) is 5.32 Å². The van der Waals surface area contributed by atoms with Gasteiger partial charge in [0, 0.05) is 17.2 Å². The molecule has 3 aliphatic carbocycles. The normalized spacial score (nSPS) is 24.7. The van der Waals surface area contributed by atoms with Crippen molar-refractivity contribution in [2.75, 3.05) is 26.0 Å². The van der Waals surface area contributed by atoms with Gasteiger partial charge in [0.25, 0.3) is 5.91 Å². The van der Waals surface area contributed by atoms with Crippen LogP contribution in [0.1, 0.15) is 31.4 Å². The largest absolute Gasteiger partial charge is 0.508 e. The van der Waals surface area contributed by atoms with Crippen LogP contribution in [0.3, 0.4) is 0 Å². The number of ether oxygens (including phenoxy) is 1. The molecule has 5 rings (SSSR count). The van der Waals surface area contributed by atoms with E-state index in [4.69, 9.17) is 10.5 Å². The van der Waals surface area contributed by atoms with E-state index in [-0.39, 0.29) is 42.3 Å². The molecular weight excluding hydrogens is 570 g/mol. The van der Waals surface area contributed by atoms with Crippen molar-refractivity contribution in [1.29, 1.82) is 0 Å². The minimum absolute atomic E-state index is 0.00162. The Kier molecular flexibility index (Phi) is 7.77. The third-order valence-electron chi connectivity index (χ3n) is 8.59. The Morgan fingerprint density at radius 3 is 2.34 bits per heavy atom. The van der Waals surface area contributed by atoms with Gasteiger partial charge in [0.1, 0.15) is 22.8 Å². The average molecular weight is 606 g/mol. The fourth-order valence-corrected chi connectivity index (χ4v) is 6.64. The number of fused-ring (bicyclic) bond motifs is 3. The van der Waals surface area contributed by atoms with Crippen molar-refractivity contribution >= 4 is 35.0 Å². The number of carbonyl (C=O) groups excluding carboxylic acids is 4. The summed E-state index contributed by atoms with van der Waals surface area (Å²) in [5.41, 5.74) is 3.97. The van der Waals surface area contributed by atoms with E-state index in [1.165, 1.54) is 11.0 Å². The van der Waals surface area contributed by atoms with Crippen molar-refractivity contribution in [3.05, 3.63) is 64.4 Å². The molecule has 0 heterocycles. The van der Waals surface area contributed by atoms with E-state index < -0.39 is 64.1 Å². The molecule has 2 aromatic rings. The first-order valence-corrected chi connectivity index (χ1v) is 14.2. The third-order valence-corrected chi connectivity index (χ3v) is 8.59. The van der Waals surface area contributed by atoms with Gasteiger partial charge in [-0.1, -0.05) is 32.0 Å². The molecule has 1 saturated carbocycles. The molecule has 7 N–H and O–H groups in total. The fourth-order valence-electron chi connectivity index (χ4n) is 6.64. The van der Waals surface area contributed by atoms with Crippen LogP contribution >= 0.6 is 0 Å². The van der Waals surface area contributed by atoms with Crippen LogP contribution in [0.15, 0.2) is 53.3 Å². The molecule has 0 radical (unpaired) electrons. The number of Topliss-reactive ketones (excluding diaryl/α,β-unsaturated/α-hetero) is 2. The zero-order valence-corrected chi connectivity index (χ0v) is 24.7. The maximum Gasteiger partial charge on any atom is 0.411 e. The number of nitrogens with two attached hydrogens (primary N) is 1. The fraction of sp³-hybridized carbons (Fsp3) is 0.375. The summed E-state index contributed by atoms with van der Waals surface area (Å²) in [4.78, 5) is 52.9. The molecule has 0 bridgehead atoms. The van der Waals surface area contributed by atoms with Gasteiger partial charge in [-0.25, -0.2) is 4.79 Å². The van der Waals surface area contributed by atoms with Crippen molar-refractivity contribution in [2.24, 2.45) is 23.5 Å².